The molecule has 20 heavy (non-hydrogen) atoms. The van der Waals surface area contributed by atoms with Crippen molar-refractivity contribution in [1.29, 1.82) is 0 Å². The Labute approximate surface area is 122 Å². The van der Waals surface area contributed by atoms with E-state index in [1.807, 2.05) is 0 Å². The average molecular weight is 274 g/mol. The maximum absolute atomic E-state index is 5.45. The summed E-state index contributed by atoms with van der Waals surface area (Å²) in [5, 5.41) is 3.78. The summed E-state index contributed by atoms with van der Waals surface area (Å²) in [4.78, 5) is 2.55. The second-order valence-electron chi connectivity index (χ2n) is 6.67. The van der Waals surface area contributed by atoms with Crippen LogP contribution in [0.1, 0.15) is 25.0 Å². The van der Waals surface area contributed by atoms with Crippen molar-refractivity contribution in [2.75, 3.05) is 32.8 Å². The molecule has 0 bridgehead atoms. The number of nitrogens with one attached hydrogen (secondary N) is 1. The van der Waals surface area contributed by atoms with Gasteiger partial charge in [0.2, 0.25) is 0 Å². The quantitative estimate of drug-likeness (QED) is 0.907. The van der Waals surface area contributed by atoms with Crippen LogP contribution in [0.5, 0.6) is 0 Å². The molecular formula is C17H26N2O. The Kier molecular flexibility index (Phi) is 4.11. The lowest BCUT2D eigenvalue weighted by atomic mass is 10.0. The lowest BCUT2D eigenvalue weighted by Crippen LogP contribution is -2.56. The van der Waals surface area contributed by atoms with Crippen LogP contribution in [-0.4, -0.2) is 49.3 Å². The Hall–Kier alpha value is -0.900. The van der Waals surface area contributed by atoms with Crippen molar-refractivity contribution in [3.63, 3.8) is 0 Å². The number of fused-ring (bicyclic) bond motifs is 1. The van der Waals surface area contributed by atoms with Gasteiger partial charge < -0.3 is 10.1 Å². The fourth-order valence-corrected chi connectivity index (χ4v) is 3.38. The molecule has 0 spiro atoms. The molecule has 0 radical (unpaired) electrons. The number of ether oxygens (including phenoxy) is 1. The summed E-state index contributed by atoms with van der Waals surface area (Å²) in [6, 6.07) is 9.44. The Bertz CT molecular complexity index is 427. The predicted molar refractivity (Wildman–Crippen MR) is 82.1 cm³/mol. The molecular weight excluding hydrogens is 248 g/mol. The summed E-state index contributed by atoms with van der Waals surface area (Å²) in [5.74, 6) is 0. The normalized spacial score (nSPS) is 21.1. The van der Waals surface area contributed by atoms with Gasteiger partial charge in [-0.15, -0.1) is 0 Å². The Morgan fingerprint density at radius 3 is 2.35 bits per heavy atom. The number of rotatable bonds is 4. The van der Waals surface area contributed by atoms with Crippen molar-refractivity contribution < 1.29 is 4.74 Å². The highest BCUT2D eigenvalue weighted by Gasteiger charge is 2.29. The van der Waals surface area contributed by atoms with Crippen LogP contribution in [0.4, 0.5) is 0 Å². The molecule has 1 saturated heterocycles. The largest absolute Gasteiger partial charge is 0.379 e. The number of benzene rings is 1. The van der Waals surface area contributed by atoms with E-state index >= 15 is 0 Å². The van der Waals surface area contributed by atoms with Gasteiger partial charge in [0.25, 0.3) is 0 Å². The summed E-state index contributed by atoms with van der Waals surface area (Å²) >= 11 is 0. The van der Waals surface area contributed by atoms with Crippen LogP contribution in [0.15, 0.2) is 24.3 Å². The van der Waals surface area contributed by atoms with E-state index in [-0.39, 0.29) is 5.54 Å². The third kappa shape index (κ3) is 3.05. The zero-order valence-corrected chi connectivity index (χ0v) is 12.7. The summed E-state index contributed by atoms with van der Waals surface area (Å²) in [6.45, 7) is 9.59. The minimum absolute atomic E-state index is 0.207. The van der Waals surface area contributed by atoms with Crippen LogP contribution in [0.3, 0.4) is 0 Å². The van der Waals surface area contributed by atoms with Crippen LogP contribution in [-0.2, 0) is 17.6 Å². The molecule has 0 atom stereocenters. The number of nitrogens with zero attached hydrogens (tertiary/aromatic N) is 1. The SMILES string of the molecule is CC(C)(CNC1Cc2ccccc2C1)N1CCOCC1. The highest BCUT2D eigenvalue weighted by Crippen LogP contribution is 2.22. The van der Waals surface area contributed by atoms with E-state index in [0.717, 1.165) is 32.8 Å². The minimum Gasteiger partial charge on any atom is -0.379 e. The van der Waals surface area contributed by atoms with Crippen LogP contribution in [0.25, 0.3) is 0 Å². The van der Waals surface area contributed by atoms with Gasteiger partial charge in [-0.3, -0.25) is 4.90 Å². The van der Waals surface area contributed by atoms with Gasteiger partial charge in [-0.1, -0.05) is 24.3 Å². The van der Waals surface area contributed by atoms with E-state index < -0.39 is 0 Å². The summed E-state index contributed by atoms with van der Waals surface area (Å²) in [5.41, 5.74) is 3.25. The topological polar surface area (TPSA) is 24.5 Å². The van der Waals surface area contributed by atoms with Gasteiger partial charge in [-0.05, 0) is 37.8 Å². The van der Waals surface area contributed by atoms with Gasteiger partial charge in [0.1, 0.15) is 0 Å². The molecule has 2 aliphatic rings. The molecule has 1 aliphatic heterocycles. The van der Waals surface area contributed by atoms with E-state index in [1.54, 1.807) is 0 Å². The van der Waals surface area contributed by atoms with Gasteiger partial charge in [0, 0.05) is 31.2 Å². The monoisotopic (exact) mass is 274 g/mol. The third-order valence-electron chi connectivity index (χ3n) is 4.74. The molecule has 0 amide bonds. The van der Waals surface area contributed by atoms with Crippen LogP contribution >= 0.6 is 0 Å². The lowest BCUT2D eigenvalue weighted by Gasteiger charge is -2.41. The van der Waals surface area contributed by atoms with E-state index in [2.05, 4.69) is 48.3 Å². The Morgan fingerprint density at radius 2 is 1.75 bits per heavy atom. The molecule has 1 aliphatic carbocycles. The van der Waals surface area contributed by atoms with Crippen LogP contribution in [0, 0.1) is 0 Å². The number of morpholine rings is 1. The van der Waals surface area contributed by atoms with Gasteiger partial charge >= 0.3 is 0 Å². The minimum atomic E-state index is 0.207. The van der Waals surface area contributed by atoms with Crippen molar-refractivity contribution in [2.45, 2.75) is 38.3 Å². The first kappa shape index (κ1) is 14.1. The van der Waals surface area contributed by atoms with E-state index in [9.17, 15) is 0 Å². The molecule has 3 nitrogen and oxygen atoms in total. The molecule has 3 heteroatoms. The van der Waals surface area contributed by atoms with Crippen LogP contribution in [0.2, 0.25) is 0 Å². The number of hydrogen-bond donors (Lipinski definition) is 1. The van der Waals surface area contributed by atoms with Crippen molar-refractivity contribution in [1.82, 2.24) is 10.2 Å². The van der Waals surface area contributed by atoms with Gasteiger partial charge in [0.15, 0.2) is 0 Å². The van der Waals surface area contributed by atoms with E-state index in [1.165, 1.54) is 24.0 Å². The van der Waals surface area contributed by atoms with Crippen molar-refractivity contribution in [2.24, 2.45) is 0 Å². The molecule has 1 aromatic rings. The second kappa shape index (κ2) is 5.84. The van der Waals surface area contributed by atoms with Gasteiger partial charge in [-0.25, -0.2) is 0 Å². The van der Waals surface area contributed by atoms with Gasteiger partial charge in [-0.2, -0.15) is 0 Å². The van der Waals surface area contributed by atoms with E-state index in [4.69, 9.17) is 4.74 Å². The third-order valence-corrected chi connectivity index (χ3v) is 4.74. The highest BCUT2D eigenvalue weighted by molar-refractivity contribution is 5.33. The Morgan fingerprint density at radius 1 is 1.15 bits per heavy atom. The highest BCUT2D eigenvalue weighted by atomic mass is 16.5. The van der Waals surface area contributed by atoms with Gasteiger partial charge in [0.05, 0.1) is 13.2 Å². The van der Waals surface area contributed by atoms with Crippen LogP contribution < -0.4 is 5.32 Å². The maximum atomic E-state index is 5.45. The summed E-state index contributed by atoms with van der Waals surface area (Å²) in [6.07, 6.45) is 2.35. The maximum Gasteiger partial charge on any atom is 0.0594 e. The Balaban J connectivity index is 1.52. The van der Waals surface area contributed by atoms with Crippen molar-refractivity contribution >= 4 is 0 Å². The number of hydrogen-bond acceptors (Lipinski definition) is 3. The molecule has 1 heterocycles. The zero-order valence-electron chi connectivity index (χ0n) is 12.7. The fourth-order valence-electron chi connectivity index (χ4n) is 3.38. The first-order valence-electron chi connectivity index (χ1n) is 7.78. The summed E-state index contributed by atoms with van der Waals surface area (Å²) in [7, 11) is 0. The average Bonchev–Trinajstić information content (AvgIpc) is 2.89. The molecule has 1 aromatic carbocycles. The lowest BCUT2D eigenvalue weighted by molar-refractivity contribution is -0.0103. The van der Waals surface area contributed by atoms with E-state index in [0.29, 0.717) is 6.04 Å². The smallest absolute Gasteiger partial charge is 0.0594 e. The van der Waals surface area contributed by atoms with Crippen molar-refractivity contribution in [3.8, 4) is 0 Å². The first-order valence-corrected chi connectivity index (χ1v) is 7.78. The fraction of sp³-hybridized carbons (Fsp3) is 0.647. The molecule has 1 fully saturated rings. The molecule has 110 valence electrons. The molecule has 0 unspecified atom stereocenters. The molecule has 0 saturated carbocycles. The van der Waals surface area contributed by atoms with Crippen molar-refractivity contribution in [3.05, 3.63) is 35.4 Å². The first-order chi connectivity index (χ1) is 9.65. The second-order valence-corrected chi connectivity index (χ2v) is 6.67. The molecule has 3 rings (SSSR count). The summed E-state index contributed by atoms with van der Waals surface area (Å²) < 4.78 is 5.45. The molecule has 1 N–H and O–H groups in total. The standard InChI is InChI=1S/C17H26N2O/c1-17(2,19-7-9-20-10-8-19)13-18-16-11-14-5-3-4-6-15(14)12-16/h3-6,16,18H,7-13H2,1-2H3. The zero-order chi connectivity index (χ0) is 14.0. The predicted octanol–water partition coefficient (Wildman–Crippen LogP) is 1.85. The molecule has 0 aromatic heterocycles.